The first-order chi connectivity index (χ1) is 14.6. The number of amides is 1. The summed E-state index contributed by atoms with van der Waals surface area (Å²) in [6.45, 7) is 2.25. The van der Waals surface area contributed by atoms with Crippen LogP contribution in [0, 0.1) is 0 Å². The van der Waals surface area contributed by atoms with Crippen LogP contribution in [0.4, 0.5) is 5.69 Å². The van der Waals surface area contributed by atoms with Crippen molar-refractivity contribution >= 4 is 11.6 Å². The Kier molecular flexibility index (Phi) is 5.86. The van der Waals surface area contributed by atoms with Gasteiger partial charge in [-0.25, -0.2) is 0 Å². The molecule has 6 nitrogen and oxygen atoms in total. The largest absolute Gasteiger partial charge is 0.497 e. The van der Waals surface area contributed by atoms with Crippen LogP contribution in [0.25, 0.3) is 0 Å². The number of hydrogen-bond acceptors (Lipinski definition) is 5. The van der Waals surface area contributed by atoms with Crippen LogP contribution in [0.2, 0.25) is 0 Å². The number of ether oxygens (including phenoxy) is 3. The summed E-state index contributed by atoms with van der Waals surface area (Å²) in [6, 6.07) is 22.1. The van der Waals surface area contributed by atoms with Crippen LogP contribution in [-0.2, 0) is 4.79 Å². The van der Waals surface area contributed by atoms with Crippen LogP contribution in [0.1, 0.15) is 30.1 Å². The molecule has 6 heteroatoms. The topological polar surface area (TPSA) is 68.8 Å². The fourth-order valence-corrected chi connectivity index (χ4v) is 3.41. The second-order valence-electron chi connectivity index (χ2n) is 7.07. The molecule has 0 aromatic heterocycles. The van der Waals surface area contributed by atoms with Crippen molar-refractivity contribution in [1.82, 2.24) is 5.32 Å². The van der Waals surface area contributed by atoms with Gasteiger partial charge < -0.3 is 19.5 Å². The van der Waals surface area contributed by atoms with Gasteiger partial charge in [-0.2, -0.15) is 0 Å². The van der Waals surface area contributed by atoms with Gasteiger partial charge in [0, 0.05) is 17.8 Å². The molecule has 1 aliphatic rings. The van der Waals surface area contributed by atoms with Gasteiger partial charge in [0.1, 0.15) is 11.8 Å². The molecule has 3 aromatic rings. The number of rotatable bonds is 7. The van der Waals surface area contributed by atoms with Gasteiger partial charge in [0.25, 0.3) is 0 Å². The minimum Gasteiger partial charge on any atom is -0.497 e. The van der Waals surface area contributed by atoms with Gasteiger partial charge in [-0.3, -0.25) is 10.1 Å². The smallest absolute Gasteiger partial charge is 0.246 e. The Labute approximate surface area is 175 Å². The van der Waals surface area contributed by atoms with E-state index in [0.29, 0.717) is 11.4 Å². The lowest BCUT2D eigenvalue weighted by molar-refractivity contribution is -0.118. The molecule has 0 radical (unpaired) electrons. The lowest BCUT2D eigenvalue weighted by Crippen LogP contribution is -2.34. The highest BCUT2D eigenvalue weighted by Crippen LogP contribution is 2.34. The van der Waals surface area contributed by atoms with E-state index in [9.17, 15) is 4.79 Å². The van der Waals surface area contributed by atoms with Crippen molar-refractivity contribution in [1.29, 1.82) is 0 Å². The van der Waals surface area contributed by atoms with Crippen molar-refractivity contribution in [3.63, 3.8) is 0 Å². The predicted octanol–water partition coefficient (Wildman–Crippen LogP) is 4.45. The van der Waals surface area contributed by atoms with Crippen LogP contribution in [0.15, 0.2) is 72.8 Å². The first kappa shape index (κ1) is 19.8. The lowest BCUT2D eigenvalue weighted by atomic mass is 10.0. The van der Waals surface area contributed by atoms with Gasteiger partial charge in [-0.05, 0) is 42.3 Å². The Hall–Kier alpha value is -3.51. The first-order valence-electron chi connectivity index (χ1n) is 9.79. The molecule has 0 saturated carbocycles. The maximum absolute atomic E-state index is 13.2. The minimum absolute atomic E-state index is 0.0965. The van der Waals surface area contributed by atoms with Gasteiger partial charge in [-0.1, -0.05) is 42.5 Å². The van der Waals surface area contributed by atoms with Crippen molar-refractivity contribution in [3.05, 3.63) is 83.9 Å². The van der Waals surface area contributed by atoms with Gasteiger partial charge in [0.05, 0.1) is 7.11 Å². The van der Waals surface area contributed by atoms with Crippen LogP contribution < -0.4 is 24.8 Å². The van der Waals surface area contributed by atoms with Crippen LogP contribution in [-0.4, -0.2) is 19.8 Å². The highest BCUT2D eigenvalue weighted by atomic mass is 16.7. The zero-order chi connectivity index (χ0) is 20.9. The van der Waals surface area contributed by atoms with Crippen molar-refractivity contribution in [2.75, 3.05) is 19.2 Å². The summed E-state index contributed by atoms with van der Waals surface area (Å²) >= 11 is 0. The summed E-state index contributed by atoms with van der Waals surface area (Å²) in [5.74, 6) is 1.99. The number of nitrogens with one attached hydrogen (secondary N) is 2. The molecule has 0 spiro atoms. The maximum Gasteiger partial charge on any atom is 0.246 e. The van der Waals surface area contributed by atoms with Crippen LogP contribution >= 0.6 is 0 Å². The molecule has 2 unspecified atom stereocenters. The zero-order valence-corrected chi connectivity index (χ0v) is 16.9. The standard InChI is InChI=1S/C24H24N2O4/c1-16(18-11-12-21-22(13-18)30-15-29-21)25-23(17-7-4-3-5-8-17)24(27)26-19-9-6-10-20(14-19)28-2/h3-14,16,23,25H,15H2,1-2H3,(H,26,27). The second-order valence-corrected chi connectivity index (χ2v) is 7.07. The number of hydrogen-bond donors (Lipinski definition) is 2. The van der Waals surface area contributed by atoms with Crippen LogP contribution in [0.3, 0.4) is 0 Å². The van der Waals surface area contributed by atoms with E-state index in [2.05, 4.69) is 10.6 Å². The molecule has 0 bridgehead atoms. The Bertz CT molecular complexity index is 1020. The molecular formula is C24H24N2O4. The summed E-state index contributed by atoms with van der Waals surface area (Å²) in [6.07, 6.45) is 0. The van der Waals surface area contributed by atoms with Gasteiger partial charge in [0.2, 0.25) is 12.7 Å². The van der Waals surface area contributed by atoms with Gasteiger partial charge >= 0.3 is 0 Å². The molecule has 0 saturated heterocycles. The van der Waals surface area contributed by atoms with Crippen molar-refractivity contribution < 1.29 is 19.0 Å². The molecule has 2 N–H and O–H groups in total. The number of fused-ring (bicyclic) bond motifs is 1. The third-order valence-corrected chi connectivity index (χ3v) is 5.05. The lowest BCUT2D eigenvalue weighted by Gasteiger charge is -2.24. The molecule has 1 amide bonds. The molecule has 0 fully saturated rings. The van der Waals surface area contributed by atoms with Crippen LogP contribution in [0.5, 0.6) is 17.2 Å². The highest BCUT2D eigenvalue weighted by Gasteiger charge is 2.24. The van der Waals surface area contributed by atoms with Gasteiger partial charge in [0.15, 0.2) is 11.5 Å². The molecular weight excluding hydrogens is 380 g/mol. The number of methoxy groups -OCH3 is 1. The van der Waals surface area contributed by atoms with E-state index < -0.39 is 6.04 Å². The molecule has 30 heavy (non-hydrogen) atoms. The normalized spacial score (nSPS) is 14.1. The molecule has 154 valence electrons. The average molecular weight is 404 g/mol. The average Bonchev–Trinajstić information content (AvgIpc) is 3.26. The van der Waals surface area contributed by atoms with Gasteiger partial charge in [-0.15, -0.1) is 0 Å². The van der Waals surface area contributed by atoms with Crippen molar-refractivity contribution in [3.8, 4) is 17.2 Å². The van der Waals surface area contributed by atoms with E-state index in [1.165, 1.54) is 0 Å². The molecule has 4 rings (SSSR count). The number of anilines is 1. The molecule has 3 aromatic carbocycles. The summed E-state index contributed by atoms with van der Waals surface area (Å²) in [7, 11) is 1.60. The van der Waals surface area contributed by atoms with E-state index in [1.54, 1.807) is 13.2 Å². The van der Waals surface area contributed by atoms with E-state index in [0.717, 1.165) is 22.6 Å². The van der Waals surface area contributed by atoms with E-state index in [-0.39, 0.29) is 18.7 Å². The van der Waals surface area contributed by atoms with Crippen molar-refractivity contribution in [2.24, 2.45) is 0 Å². The third kappa shape index (κ3) is 4.39. The minimum atomic E-state index is -0.544. The summed E-state index contributed by atoms with van der Waals surface area (Å²) < 4.78 is 16.1. The Morgan fingerprint density at radius 3 is 2.53 bits per heavy atom. The Morgan fingerprint density at radius 1 is 0.933 bits per heavy atom. The SMILES string of the molecule is COc1cccc(NC(=O)C(NC(C)c2ccc3c(c2)OCO3)c2ccccc2)c1. The predicted molar refractivity (Wildman–Crippen MR) is 115 cm³/mol. The Morgan fingerprint density at radius 2 is 1.73 bits per heavy atom. The number of benzene rings is 3. The summed E-state index contributed by atoms with van der Waals surface area (Å²) in [5.41, 5.74) is 2.57. The number of carbonyl (C=O) groups excluding carboxylic acids is 1. The van der Waals surface area contributed by atoms with E-state index in [4.69, 9.17) is 14.2 Å². The van der Waals surface area contributed by atoms with Crippen molar-refractivity contribution in [2.45, 2.75) is 19.0 Å². The quantitative estimate of drug-likeness (QED) is 0.609. The fourth-order valence-electron chi connectivity index (χ4n) is 3.41. The number of carbonyl (C=O) groups is 1. The molecule has 1 aliphatic heterocycles. The third-order valence-electron chi connectivity index (χ3n) is 5.05. The zero-order valence-electron chi connectivity index (χ0n) is 16.9. The Balaban J connectivity index is 1.56. The van der Waals surface area contributed by atoms with E-state index >= 15 is 0 Å². The summed E-state index contributed by atoms with van der Waals surface area (Å²) in [4.78, 5) is 13.2. The summed E-state index contributed by atoms with van der Waals surface area (Å²) in [5, 5.41) is 6.44. The molecule has 0 aliphatic carbocycles. The molecule has 2 atom stereocenters. The monoisotopic (exact) mass is 404 g/mol. The van der Waals surface area contributed by atoms with E-state index in [1.807, 2.05) is 73.7 Å². The maximum atomic E-state index is 13.2. The molecule has 1 heterocycles. The first-order valence-corrected chi connectivity index (χ1v) is 9.79. The second kappa shape index (κ2) is 8.88. The highest BCUT2D eigenvalue weighted by molar-refractivity contribution is 5.95. The fraction of sp³-hybridized carbons (Fsp3) is 0.208.